The lowest BCUT2D eigenvalue weighted by molar-refractivity contribution is -0.148. The molecule has 6 nitrogen and oxygen atoms in total. The largest absolute Gasteiger partial charge is 0.457 e. The number of tetrazole rings is 1. The molecule has 1 aliphatic rings. The third-order valence-corrected chi connectivity index (χ3v) is 3.84. The molecule has 6 heteroatoms. The van der Waals surface area contributed by atoms with Crippen LogP contribution < -0.4 is 0 Å². The number of carbonyl (C=O) groups excluding carboxylic acids is 1. The van der Waals surface area contributed by atoms with Gasteiger partial charge in [-0.3, -0.25) is 4.79 Å². The summed E-state index contributed by atoms with van der Waals surface area (Å²) in [6.07, 6.45) is 2.62. The van der Waals surface area contributed by atoms with Crippen molar-refractivity contribution in [2.24, 2.45) is 0 Å². The van der Waals surface area contributed by atoms with Crippen molar-refractivity contribution in [2.45, 2.75) is 44.8 Å². The van der Waals surface area contributed by atoms with Gasteiger partial charge >= 0.3 is 5.97 Å². The van der Waals surface area contributed by atoms with Crippen molar-refractivity contribution in [3.8, 4) is 0 Å². The summed E-state index contributed by atoms with van der Waals surface area (Å²) < 4.78 is 7.13. The molecule has 0 bridgehead atoms. The maximum absolute atomic E-state index is 12.4. The number of esters is 1. The average molecular weight is 286 g/mol. The van der Waals surface area contributed by atoms with E-state index in [0.29, 0.717) is 5.82 Å². The summed E-state index contributed by atoms with van der Waals surface area (Å²) in [5.41, 5.74) is 0.577. The molecule has 2 aromatic rings. The van der Waals surface area contributed by atoms with Crippen LogP contribution in [0.15, 0.2) is 30.3 Å². The monoisotopic (exact) mass is 286 g/mol. The second-order valence-electron chi connectivity index (χ2n) is 5.34. The molecule has 3 rings (SSSR count). The van der Waals surface area contributed by atoms with Gasteiger partial charge in [-0.2, -0.15) is 0 Å². The number of benzene rings is 1. The molecule has 1 fully saturated rings. The van der Waals surface area contributed by atoms with E-state index < -0.39 is 5.41 Å². The van der Waals surface area contributed by atoms with Crippen molar-refractivity contribution < 1.29 is 9.53 Å². The smallest absolute Gasteiger partial charge is 0.317 e. The van der Waals surface area contributed by atoms with Gasteiger partial charge in [-0.1, -0.05) is 37.3 Å². The molecule has 110 valence electrons. The second-order valence-corrected chi connectivity index (χ2v) is 5.34. The molecule has 0 amide bonds. The molecule has 0 atom stereocenters. The summed E-state index contributed by atoms with van der Waals surface area (Å²) in [5, 5.41) is 11.4. The van der Waals surface area contributed by atoms with E-state index in [-0.39, 0.29) is 12.6 Å². The fraction of sp³-hybridized carbons (Fsp3) is 0.467. The first-order valence-electron chi connectivity index (χ1n) is 7.24. The summed E-state index contributed by atoms with van der Waals surface area (Å²) in [5.74, 6) is 0.411. The van der Waals surface area contributed by atoms with E-state index in [1.54, 1.807) is 4.68 Å². The minimum absolute atomic E-state index is 0.125. The van der Waals surface area contributed by atoms with E-state index in [1.807, 2.05) is 37.3 Å². The first-order valence-corrected chi connectivity index (χ1v) is 7.24. The van der Waals surface area contributed by atoms with Crippen molar-refractivity contribution >= 4 is 5.97 Å². The van der Waals surface area contributed by atoms with Crippen molar-refractivity contribution in [2.75, 3.05) is 0 Å². The molecule has 0 unspecified atom stereocenters. The van der Waals surface area contributed by atoms with Crippen LogP contribution in [0.25, 0.3) is 0 Å². The Morgan fingerprint density at radius 2 is 2.10 bits per heavy atom. The molecule has 1 saturated carbocycles. The number of aryl methyl sites for hydroxylation is 1. The van der Waals surface area contributed by atoms with Gasteiger partial charge in [-0.25, -0.2) is 4.68 Å². The zero-order valence-corrected chi connectivity index (χ0v) is 12.0. The summed E-state index contributed by atoms with van der Waals surface area (Å²) in [4.78, 5) is 12.4. The molecule has 0 spiro atoms. The second kappa shape index (κ2) is 5.63. The third-order valence-electron chi connectivity index (χ3n) is 3.84. The number of hydrogen-bond donors (Lipinski definition) is 0. The Kier molecular flexibility index (Phi) is 3.68. The minimum Gasteiger partial charge on any atom is -0.457 e. The van der Waals surface area contributed by atoms with Crippen molar-refractivity contribution in [3.63, 3.8) is 0 Å². The lowest BCUT2D eigenvalue weighted by atomic mass is 9.96. The van der Waals surface area contributed by atoms with E-state index >= 15 is 0 Å². The van der Waals surface area contributed by atoms with Gasteiger partial charge in [0.05, 0.1) is 5.41 Å². The molecule has 1 aromatic heterocycles. The Labute approximate surface area is 123 Å². The number of aromatic nitrogens is 4. The van der Waals surface area contributed by atoms with E-state index in [9.17, 15) is 4.79 Å². The summed E-state index contributed by atoms with van der Waals surface area (Å²) >= 11 is 0. The van der Waals surface area contributed by atoms with Crippen LogP contribution in [-0.2, 0) is 28.1 Å². The fourth-order valence-corrected chi connectivity index (χ4v) is 2.47. The van der Waals surface area contributed by atoms with Gasteiger partial charge in [0.15, 0.2) is 12.4 Å². The Morgan fingerprint density at radius 3 is 2.76 bits per heavy atom. The van der Waals surface area contributed by atoms with E-state index in [1.165, 1.54) is 0 Å². The first-order chi connectivity index (χ1) is 10.3. The molecule has 1 aromatic carbocycles. The van der Waals surface area contributed by atoms with Crippen LogP contribution in [0.3, 0.4) is 0 Å². The predicted molar refractivity (Wildman–Crippen MR) is 75.3 cm³/mol. The normalized spacial score (nSPS) is 15.7. The van der Waals surface area contributed by atoms with E-state index in [2.05, 4.69) is 15.5 Å². The van der Waals surface area contributed by atoms with Crippen LogP contribution >= 0.6 is 0 Å². The summed E-state index contributed by atoms with van der Waals surface area (Å²) in [7, 11) is 0. The third kappa shape index (κ3) is 2.66. The van der Waals surface area contributed by atoms with E-state index in [4.69, 9.17) is 4.74 Å². The van der Waals surface area contributed by atoms with Crippen LogP contribution in [0.5, 0.6) is 0 Å². The lowest BCUT2D eigenvalue weighted by Crippen LogP contribution is -2.23. The van der Waals surface area contributed by atoms with Gasteiger partial charge in [-0.05, 0) is 35.3 Å². The quantitative estimate of drug-likeness (QED) is 0.758. The predicted octanol–water partition coefficient (Wildman–Crippen LogP) is 1.86. The first kappa shape index (κ1) is 13.7. The standard InChI is InChI=1S/C15H18N4O2/c1-2-10-19-13(16-17-18-19)11-21-14(20)15(8-9-15)12-6-4-3-5-7-12/h3-7H,2,8-11H2,1H3. The number of carbonyl (C=O) groups is 1. The van der Waals surface area contributed by atoms with Crippen LogP contribution in [0.4, 0.5) is 0 Å². The minimum atomic E-state index is -0.454. The van der Waals surface area contributed by atoms with Crippen LogP contribution in [0, 0.1) is 0 Å². The Balaban J connectivity index is 1.66. The van der Waals surface area contributed by atoms with Gasteiger partial charge in [0.2, 0.25) is 0 Å². The average Bonchev–Trinajstić information content (AvgIpc) is 3.22. The number of nitrogens with zero attached hydrogens (tertiary/aromatic N) is 4. The van der Waals surface area contributed by atoms with Crippen molar-refractivity contribution in [1.29, 1.82) is 0 Å². The van der Waals surface area contributed by atoms with Crippen LogP contribution in [0.2, 0.25) is 0 Å². The highest BCUT2D eigenvalue weighted by Crippen LogP contribution is 2.49. The van der Waals surface area contributed by atoms with Crippen LogP contribution in [-0.4, -0.2) is 26.2 Å². The lowest BCUT2D eigenvalue weighted by Gasteiger charge is -2.14. The Bertz CT molecular complexity index is 620. The molecule has 0 radical (unpaired) electrons. The number of ether oxygens (including phenoxy) is 1. The zero-order valence-electron chi connectivity index (χ0n) is 12.0. The van der Waals surface area contributed by atoms with E-state index in [0.717, 1.165) is 31.4 Å². The summed E-state index contributed by atoms with van der Waals surface area (Å²) in [6, 6.07) is 9.81. The van der Waals surface area contributed by atoms with Gasteiger partial charge < -0.3 is 4.74 Å². The van der Waals surface area contributed by atoms with Crippen molar-refractivity contribution in [3.05, 3.63) is 41.7 Å². The van der Waals surface area contributed by atoms with Crippen LogP contribution in [0.1, 0.15) is 37.6 Å². The molecule has 1 heterocycles. The molecule has 0 aliphatic heterocycles. The maximum atomic E-state index is 12.4. The Morgan fingerprint density at radius 1 is 1.33 bits per heavy atom. The van der Waals surface area contributed by atoms with Gasteiger partial charge in [-0.15, -0.1) is 5.10 Å². The molecule has 0 N–H and O–H groups in total. The highest BCUT2D eigenvalue weighted by Gasteiger charge is 2.52. The molecular weight excluding hydrogens is 268 g/mol. The molecule has 1 aliphatic carbocycles. The highest BCUT2D eigenvalue weighted by molar-refractivity contribution is 5.86. The zero-order chi connectivity index (χ0) is 14.7. The number of hydrogen-bond acceptors (Lipinski definition) is 5. The summed E-state index contributed by atoms with van der Waals surface area (Å²) in [6.45, 7) is 2.90. The van der Waals surface area contributed by atoms with Crippen molar-refractivity contribution in [1.82, 2.24) is 20.2 Å². The van der Waals surface area contributed by atoms with Gasteiger partial charge in [0.1, 0.15) is 0 Å². The van der Waals surface area contributed by atoms with Gasteiger partial charge in [0, 0.05) is 6.54 Å². The maximum Gasteiger partial charge on any atom is 0.317 e. The Hall–Kier alpha value is -2.24. The molecular formula is C15H18N4O2. The molecule has 21 heavy (non-hydrogen) atoms. The SMILES string of the molecule is CCCn1nnnc1COC(=O)C1(c2ccccc2)CC1. The number of rotatable bonds is 6. The highest BCUT2D eigenvalue weighted by atomic mass is 16.5. The van der Waals surface area contributed by atoms with Gasteiger partial charge in [0.25, 0.3) is 0 Å². The fourth-order valence-electron chi connectivity index (χ4n) is 2.47. The topological polar surface area (TPSA) is 69.9 Å². The molecule has 0 saturated heterocycles.